The third-order valence-corrected chi connectivity index (χ3v) is 4.38. The molecule has 3 aliphatic rings. The second kappa shape index (κ2) is 5.57. The fourth-order valence-electron chi connectivity index (χ4n) is 3.00. The summed E-state index contributed by atoms with van der Waals surface area (Å²) in [6.45, 7) is 3.68. The van der Waals surface area contributed by atoms with Crippen molar-refractivity contribution in [3.8, 4) is 0 Å². The smallest absolute Gasteiger partial charge is 0.239 e. The predicted octanol–water partition coefficient (Wildman–Crippen LogP) is 1.16. The molecule has 102 valence electrons. The quantitative estimate of drug-likeness (QED) is 0.798. The molecule has 0 aromatic heterocycles. The van der Waals surface area contributed by atoms with Gasteiger partial charge in [0, 0.05) is 32.3 Å². The molecule has 0 aromatic carbocycles. The number of ether oxygens (including phenoxy) is 1. The van der Waals surface area contributed by atoms with Gasteiger partial charge < -0.3 is 15.0 Å². The molecule has 2 unspecified atom stereocenters. The molecule has 1 amide bonds. The van der Waals surface area contributed by atoms with Crippen LogP contribution in [0.1, 0.15) is 38.5 Å². The Balaban J connectivity index is 1.46. The molecular formula is C14H24N2O2. The van der Waals surface area contributed by atoms with Crippen LogP contribution in [0.4, 0.5) is 0 Å². The minimum atomic E-state index is 0.103. The maximum atomic E-state index is 12.3. The second-order valence-corrected chi connectivity index (χ2v) is 5.98. The summed E-state index contributed by atoms with van der Waals surface area (Å²) in [6.07, 6.45) is 6.97. The number of nitrogens with one attached hydrogen (secondary N) is 1. The highest BCUT2D eigenvalue weighted by Gasteiger charge is 2.33. The van der Waals surface area contributed by atoms with Crippen molar-refractivity contribution in [1.82, 2.24) is 10.2 Å². The molecule has 3 rings (SSSR count). The van der Waals surface area contributed by atoms with Crippen LogP contribution in [-0.2, 0) is 9.53 Å². The Labute approximate surface area is 109 Å². The minimum Gasteiger partial charge on any atom is -0.381 e. The summed E-state index contributed by atoms with van der Waals surface area (Å²) >= 11 is 0. The molecule has 4 heteroatoms. The number of likely N-dealkylation sites (tertiary alicyclic amines) is 1. The summed E-state index contributed by atoms with van der Waals surface area (Å²) in [5, 5.41) is 3.48. The largest absolute Gasteiger partial charge is 0.381 e. The van der Waals surface area contributed by atoms with E-state index in [9.17, 15) is 4.79 Å². The zero-order valence-electron chi connectivity index (χ0n) is 11.1. The number of carbonyl (C=O) groups is 1. The highest BCUT2D eigenvalue weighted by molar-refractivity contribution is 5.82. The maximum absolute atomic E-state index is 12.3. The molecule has 0 aromatic rings. The third kappa shape index (κ3) is 3.04. The van der Waals surface area contributed by atoms with Gasteiger partial charge >= 0.3 is 0 Å². The number of carbonyl (C=O) groups excluding carboxylic acids is 1. The second-order valence-electron chi connectivity index (χ2n) is 5.98. The average Bonchev–Trinajstić information content (AvgIpc) is 3.04. The van der Waals surface area contributed by atoms with E-state index in [1.165, 1.54) is 19.3 Å². The van der Waals surface area contributed by atoms with Crippen molar-refractivity contribution in [1.29, 1.82) is 0 Å². The van der Waals surface area contributed by atoms with Crippen molar-refractivity contribution in [2.75, 3.05) is 26.3 Å². The van der Waals surface area contributed by atoms with Crippen molar-refractivity contribution in [2.24, 2.45) is 5.92 Å². The van der Waals surface area contributed by atoms with E-state index in [0.717, 1.165) is 45.6 Å². The lowest BCUT2D eigenvalue weighted by molar-refractivity contribution is -0.136. The molecule has 2 aliphatic heterocycles. The van der Waals surface area contributed by atoms with Gasteiger partial charge in [-0.05, 0) is 44.4 Å². The molecule has 2 atom stereocenters. The van der Waals surface area contributed by atoms with Gasteiger partial charge in [-0.15, -0.1) is 0 Å². The van der Waals surface area contributed by atoms with Gasteiger partial charge in [-0.25, -0.2) is 0 Å². The van der Waals surface area contributed by atoms with Gasteiger partial charge in [0.2, 0.25) is 5.91 Å². The number of rotatable bonds is 5. The SMILES string of the molecule is O=C1C(NC2CC2)CCCN1CCC1CCOC1. The first-order valence-corrected chi connectivity index (χ1v) is 7.45. The Kier molecular flexibility index (Phi) is 3.85. The molecule has 0 spiro atoms. The lowest BCUT2D eigenvalue weighted by Crippen LogP contribution is -2.51. The number of hydrogen-bond acceptors (Lipinski definition) is 3. The first-order valence-electron chi connectivity index (χ1n) is 7.45. The zero-order valence-corrected chi connectivity index (χ0v) is 11.1. The van der Waals surface area contributed by atoms with Gasteiger partial charge in [0.25, 0.3) is 0 Å². The van der Waals surface area contributed by atoms with Gasteiger partial charge in [0.1, 0.15) is 0 Å². The van der Waals surface area contributed by atoms with Crippen LogP contribution >= 0.6 is 0 Å². The summed E-state index contributed by atoms with van der Waals surface area (Å²) in [5.74, 6) is 1.02. The van der Waals surface area contributed by atoms with Crippen LogP contribution in [0, 0.1) is 5.92 Å². The highest BCUT2D eigenvalue weighted by atomic mass is 16.5. The highest BCUT2D eigenvalue weighted by Crippen LogP contribution is 2.23. The summed E-state index contributed by atoms with van der Waals surface area (Å²) in [4.78, 5) is 14.4. The molecule has 2 heterocycles. The lowest BCUT2D eigenvalue weighted by Gasteiger charge is -2.33. The number of nitrogens with zero attached hydrogens (tertiary/aromatic N) is 1. The molecule has 0 bridgehead atoms. The fraction of sp³-hybridized carbons (Fsp3) is 0.929. The van der Waals surface area contributed by atoms with Gasteiger partial charge in [0.15, 0.2) is 0 Å². The average molecular weight is 252 g/mol. The molecule has 4 nitrogen and oxygen atoms in total. The normalized spacial score (nSPS) is 33.1. The van der Waals surface area contributed by atoms with Crippen molar-refractivity contribution in [3.05, 3.63) is 0 Å². The van der Waals surface area contributed by atoms with E-state index in [-0.39, 0.29) is 6.04 Å². The van der Waals surface area contributed by atoms with E-state index in [0.29, 0.717) is 17.9 Å². The Morgan fingerprint density at radius 3 is 2.89 bits per heavy atom. The summed E-state index contributed by atoms with van der Waals surface area (Å²) in [6, 6.07) is 0.730. The number of amides is 1. The van der Waals surface area contributed by atoms with Crippen LogP contribution in [0.5, 0.6) is 0 Å². The van der Waals surface area contributed by atoms with Gasteiger partial charge in [-0.3, -0.25) is 4.79 Å². The first-order chi connectivity index (χ1) is 8.83. The van der Waals surface area contributed by atoms with Gasteiger partial charge in [-0.1, -0.05) is 0 Å². The number of piperidine rings is 1. The fourth-order valence-corrected chi connectivity index (χ4v) is 3.00. The monoisotopic (exact) mass is 252 g/mol. The van der Waals surface area contributed by atoms with E-state index >= 15 is 0 Å². The molecule has 1 saturated carbocycles. The Morgan fingerprint density at radius 2 is 2.17 bits per heavy atom. The summed E-state index contributed by atoms with van der Waals surface area (Å²) in [7, 11) is 0. The molecule has 3 fully saturated rings. The minimum absolute atomic E-state index is 0.103. The number of hydrogen-bond donors (Lipinski definition) is 1. The Morgan fingerprint density at radius 1 is 1.28 bits per heavy atom. The maximum Gasteiger partial charge on any atom is 0.239 e. The predicted molar refractivity (Wildman–Crippen MR) is 69.3 cm³/mol. The molecule has 2 saturated heterocycles. The standard InChI is InChI=1S/C14H24N2O2/c17-14-13(15-12-3-4-12)2-1-7-16(14)8-5-11-6-9-18-10-11/h11-13,15H,1-10H2. The van der Waals surface area contributed by atoms with Crippen molar-refractivity contribution in [3.63, 3.8) is 0 Å². The summed E-state index contributed by atoms with van der Waals surface area (Å²) < 4.78 is 5.39. The lowest BCUT2D eigenvalue weighted by atomic mass is 10.0. The van der Waals surface area contributed by atoms with E-state index in [1.54, 1.807) is 0 Å². The molecule has 1 N–H and O–H groups in total. The van der Waals surface area contributed by atoms with E-state index in [1.807, 2.05) is 0 Å². The van der Waals surface area contributed by atoms with Crippen LogP contribution in [0.3, 0.4) is 0 Å². The molecule has 1 aliphatic carbocycles. The molecule has 18 heavy (non-hydrogen) atoms. The molecule has 0 radical (unpaired) electrons. The van der Waals surface area contributed by atoms with Crippen molar-refractivity contribution < 1.29 is 9.53 Å². The van der Waals surface area contributed by atoms with E-state index in [2.05, 4.69) is 10.2 Å². The van der Waals surface area contributed by atoms with Crippen molar-refractivity contribution >= 4 is 5.91 Å². The topological polar surface area (TPSA) is 41.6 Å². The Bertz CT molecular complexity index is 298. The van der Waals surface area contributed by atoms with E-state index < -0.39 is 0 Å². The van der Waals surface area contributed by atoms with Crippen LogP contribution in [-0.4, -0.2) is 49.2 Å². The third-order valence-electron chi connectivity index (χ3n) is 4.38. The van der Waals surface area contributed by atoms with Crippen LogP contribution < -0.4 is 5.32 Å². The Hall–Kier alpha value is -0.610. The van der Waals surface area contributed by atoms with Gasteiger partial charge in [-0.2, -0.15) is 0 Å². The first kappa shape index (κ1) is 12.4. The zero-order chi connectivity index (χ0) is 12.4. The van der Waals surface area contributed by atoms with Crippen LogP contribution in [0.25, 0.3) is 0 Å². The van der Waals surface area contributed by atoms with E-state index in [4.69, 9.17) is 4.74 Å². The summed E-state index contributed by atoms with van der Waals surface area (Å²) in [5.41, 5.74) is 0. The van der Waals surface area contributed by atoms with Crippen LogP contribution in [0.2, 0.25) is 0 Å². The van der Waals surface area contributed by atoms with Crippen molar-refractivity contribution in [2.45, 2.75) is 50.6 Å². The van der Waals surface area contributed by atoms with Crippen LogP contribution in [0.15, 0.2) is 0 Å². The molecular weight excluding hydrogens is 228 g/mol. The van der Waals surface area contributed by atoms with Gasteiger partial charge in [0.05, 0.1) is 6.04 Å².